The van der Waals surface area contributed by atoms with Crippen LogP contribution in [0.4, 0.5) is 17.5 Å². The number of hydrogen-bond acceptors (Lipinski definition) is 5. The second kappa shape index (κ2) is 8.34. The van der Waals surface area contributed by atoms with Crippen LogP contribution in [0.1, 0.15) is 20.8 Å². The number of aromatic nitrogens is 2. The molecule has 2 N–H and O–H groups in total. The number of anilines is 3. The molecule has 2 aromatic carbocycles. The maximum atomic E-state index is 5.70. The van der Waals surface area contributed by atoms with E-state index in [1.165, 1.54) is 0 Å². The first-order valence-corrected chi connectivity index (χ1v) is 8.85. The van der Waals surface area contributed by atoms with E-state index in [1.54, 1.807) is 0 Å². The minimum absolute atomic E-state index is 0.240. The van der Waals surface area contributed by atoms with Crippen molar-refractivity contribution in [1.82, 2.24) is 9.97 Å². The van der Waals surface area contributed by atoms with Gasteiger partial charge in [-0.25, -0.2) is 4.98 Å². The Morgan fingerprint density at radius 3 is 2.42 bits per heavy atom. The molecule has 0 fully saturated rings. The zero-order valence-corrected chi connectivity index (χ0v) is 15.4. The summed E-state index contributed by atoms with van der Waals surface area (Å²) in [6, 6.07) is 20.1. The standard InChI is InChI=1S/C21H24N4O/c1-4-26-19-13-9-8-12-17(19)23-20-14-18(16-10-6-5-7-11-16)24-21(25-20)22-15(2)3/h5-15H,4H2,1-3H3,(H2,22,23,24,25). The normalized spacial score (nSPS) is 10.6. The van der Waals surface area contributed by atoms with Crippen molar-refractivity contribution in [3.8, 4) is 17.0 Å². The lowest BCUT2D eigenvalue weighted by atomic mass is 10.1. The van der Waals surface area contributed by atoms with Crippen molar-refractivity contribution in [2.75, 3.05) is 17.2 Å². The number of ether oxygens (including phenoxy) is 1. The van der Waals surface area contributed by atoms with Crippen LogP contribution in [0.3, 0.4) is 0 Å². The number of hydrogen-bond donors (Lipinski definition) is 2. The van der Waals surface area contributed by atoms with Crippen molar-refractivity contribution in [2.24, 2.45) is 0 Å². The van der Waals surface area contributed by atoms with Crippen LogP contribution in [-0.4, -0.2) is 22.6 Å². The molecule has 0 bridgehead atoms. The minimum Gasteiger partial charge on any atom is -0.492 e. The van der Waals surface area contributed by atoms with Gasteiger partial charge in [-0.15, -0.1) is 0 Å². The van der Waals surface area contributed by atoms with Gasteiger partial charge < -0.3 is 15.4 Å². The third-order valence-corrected chi connectivity index (χ3v) is 3.66. The van der Waals surface area contributed by atoms with E-state index in [0.29, 0.717) is 18.4 Å². The van der Waals surface area contributed by atoms with Gasteiger partial charge in [0.1, 0.15) is 11.6 Å². The molecule has 1 heterocycles. The number of benzene rings is 2. The third kappa shape index (κ3) is 4.51. The molecular weight excluding hydrogens is 324 g/mol. The van der Waals surface area contributed by atoms with Crippen molar-refractivity contribution < 1.29 is 4.74 Å². The Hall–Kier alpha value is -3.08. The average Bonchev–Trinajstić information content (AvgIpc) is 2.63. The summed E-state index contributed by atoms with van der Waals surface area (Å²) in [7, 11) is 0. The highest BCUT2D eigenvalue weighted by Gasteiger charge is 2.10. The lowest BCUT2D eigenvalue weighted by Crippen LogP contribution is -2.13. The lowest BCUT2D eigenvalue weighted by molar-refractivity contribution is 0.342. The minimum atomic E-state index is 0.240. The molecule has 134 valence electrons. The van der Waals surface area contributed by atoms with Gasteiger partial charge in [-0.2, -0.15) is 4.98 Å². The Labute approximate surface area is 154 Å². The summed E-state index contributed by atoms with van der Waals surface area (Å²) in [5.74, 6) is 2.11. The van der Waals surface area contributed by atoms with E-state index >= 15 is 0 Å². The first-order chi connectivity index (χ1) is 12.7. The molecule has 0 spiro atoms. The van der Waals surface area contributed by atoms with Crippen LogP contribution in [0.2, 0.25) is 0 Å². The van der Waals surface area contributed by atoms with E-state index in [1.807, 2.05) is 67.6 Å². The Morgan fingerprint density at radius 1 is 0.962 bits per heavy atom. The highest BCUT2D eigenvalue weighted by atomic mass is 16.5. The van der Waals surface area contributed by atoms with Gasteiger partial charge in [0, 0.05) is 17.7 Å². The molecule has 3 aromatic rings. The molecule has 0 aliphatic carbocycles. The molecule has 0 amide bonds. The summed E-state index contributed by atoms with van der Waals surface area (Å²) >= 11 is 0. The molecule has 5 heteroatoms. The molecule has 0 unspecified atom stereocenters. The van der Waals surface area contributed by atoms with Crippen LogP contribution in [0.5, 0.6) is 5.75 Å². The van der Waals surface area contributed by atoms with E-state index < -0.39 is 0 Å². The average molecular weight is 348 g/mol. The maximum Gasteiger partial charge on any atom is 0.225 e. The molecule has 0 aliphatic rings. The Bertz CT molecular complexity index is 850. The van der Waals surface area contributed by atoms with Crippen LogP contribution >= 0.6 is 0 Å². The van der Waals surface area contributed by atoms with Crippen molar-refractivity contribution in [1.29, 1.82) is 0 Å². The molecule has 0 atom stereocenters. The van der Waals surface area contributed by atoms with Crippen LogP contribution in [0.15, 0.2) is 60.7 Å². The highest BCUT2D eigenvalue weighted by Crippen LogP contribution is 2.29. The number of nitrogens with zero attached hydrogens (tertiary/aromatic N) is 2. The molecular formula is C21H24N4O. The fourth-order valence-electron chi connectivity index (χ4n) is 2.58. The Kier molecular flexibility index (Phi) is 5.69. The molecule has 0 saturated heterocycles. The molecule has 3 rings (SSSR count). The molecule has 0 saturated carbocycles. The molecule has 1 aromatic heterocycles. The van der Waals surface area contributed by atoms with Crippen molar-refractivity contribution in [3.63, 3.8) is 0 Å². The van der Waals surface area contributed by atoms with Crippen LogP contribution in [0, 0.1) is 0 Å². The maximum absolute atomic E-state index is 5.70. The lowest BCUT2D eigenvalue weighted by Gasteiger charge is -2.15. The van der Waals surface area contributed by atoms with E-state index in [2.05, 4.69) is 34.4 Å². The van der Waals surface area contributed by atoms with Gasteiger partial charge in [0.15, 0.2) is 0 Å². The fraction of sp³-hybridized carbons (Fsp3) is 0.238. The van der Waals surface area contributed by atoms with E-state index in [-0.39, 0.29) is 6.04 Å². The second-order valence-electron chi connectivity index (χ2n) is 6.18. The number of rotatable bonds is 7. The van der Waals surface area contributed by atoms with E-state index in [4.69, 9.17) is 4.74 Å². The van der Waals surface area contributed by atoms with Crippen LogP contribution in [-0.2, 0) is 0 Å². The highest BCUT2D eigenvalue weighted by molar-refractivity contribution is 5.69. The second-order valence-corrected chi connectivity index (χ2v) is 6.18. The van der Waals surface area contributed by atoms with Crippen molar-refractivity contribution in [3.05, 3.63) is 60.7 Å². The first-order valence-electron chi connectivity index (χ1n) is 8.85. The topological polar surface area (TPSA) is 59.1 Å². The van der Waals surface area contributed by atoms with E-state index in [0.717, 1.165) is 22.7 Å². The molecule has 0 radical (unpaired) electrons. The summed E-state index contributed by atoms with van der Waals surface area (Å²) in [6.45, 7) is 6.71. The molecule has 0 aliphatic heterocycles. The predicted octanol–water partition coefficient (Wildman–Crippen LogP) is 5.11. The largest absolute Gasteiger partial charge is 0.492 e. The van der Waals surface area contributed by atoms with Gasteiger partial charge in [-0.3, -0.25) is 0 Å². The van der Waals surface area contributed by atoms with Crippen molar-refractivity contribution >= 4 is 17.5 Å². The summed E-state index contributed by atoms with van der Waals surface area (Å²) in [6.07, 6.45) is 0. The van der Waals surface area contributed by atoms with Gasteiger partial charge in [-0.1, -0.05) is 42.5 Å². The smallest absolute Gasteiger partial charge is 0.225 e. The fourth-order valence-corrected chi connectivity index (χ4v) is 2.58. The first kappa shape index (κ1) is 17.7. The summed E-state index contributed by atoms with van der Waals surface area (Å²) < 4.78 is 5.70. The van der Waals surface area contributed by atoms with Crippen LogP contribution in [0.25, 0.3) is 11.3 Å². The van der Waals surface area contributed by atoms with Crippen LogP contribution < -0.4 is 15.4 Å². The Morgan fingerprint density at radius 2 is 1.69 bits per heavy atom. The summed E-state index contributed by atoms with van der Waals surface area (Å²) in [5, 5.41) is 6.65. The summed E-state index contributed by atoms with van der Waals surface area (Å²) in [4.78, 5) is 9.26. The predicted molar refractivity (Wildman–Crippen MR) is 107 cm³/mol. The quantitative estimate of drug-likeness (QED) is 0.621. The SMILES string of the molecule is CCOc1ccccc1Nc1cc(-c2ccccc2)nc(NC(C)C)n1. The molecule has 5 nitrogen and oxygen atoms in total. The molecule has 26 heavy (non-hydrogen) atoms. The van der Waals surface area contributed by atoms with Gasteiger partial charge in [0.05, 0.1) is 18.0 Å². The van der Waals surface area contributed by atoms with Gasteiger partial charge >= 0.3 is 0 Å². The number of para-hydroxylation sites is 2. The number of nitrogens with one attached hydrogen (secondary N) is 2. The van der Waals surface area contributed by atoms with Gasteiger partial charge in [0.25, 0.3) is 0 Å². The van der Waals surface area contributed by atoms with Crippen molar-refractivity contribution in [2.45, 2.75) is 26.8 Å². The zero-order valence-electron chi connectivity index (χ0n) is 15.4. The third-order valence-electron chi connectivity index (χ3n) is 3.66. The zero-order chi connectivity index (χ0) is 18.4. The monoisotopic (exact) mass is 348 g/mol. The van der Waals surface area contributed by atoms with Gasteiger partial charge in [0.2, 0.25) is 5.95 Å². The summed E-state index contributed by atoms with van der Waals surface area (Å²) in [5.41, 5.74) is 2.78. The van der Waals surface area contributed by atoms with Gasteiger partial charge in [-0.05, 0) is 32.9 Å². The Balaban J connectivity index is 1.98. The van der Waals surface area contributed by atoms with E-state index in [9.17, 15) is 0 Å².